The van der Waals surface area contributed by atoms with Crippen LogP contribution in [0.1, 0.15) is 41.5 Å². The van der Waals surface area contributed by atoms with Crippen LogP contribution in [0.2, 0.25) is 10.3 Å². The van der Waals surface area contributed by atoms with Crippen LogP contribution < -0.4 is 11.1 Å². The van der Waals surface area contributed by atoms with Gasteiger partial charge in [-0.1, -0.05) is 23.2 Å². The minimum atomic E-state index is -1.24. The van der Waals surface area contributed by atoms with Gasteiger partial charge in [0.1, 0.15) is 16.6 Å². The molecule has 2 fully saturated rings. The van der Waals surface area contributed by atoms with E-state index in [2.05, 4.69) is 20.0 Å². The molecule has 2 saturated heterocycles. The summed E-state index contributed by atoms with van der Waals surface area (Å²) in [4.78, 5) is 53.1. The van der Waals surface area contributed by atoms with Crippen LogP contribution in [-0.4, -0.2) is 63.7 Å². The van der Waals surface area contributed by atoms with Crippen LogP contribution in [0.25, 0.3) is 0 Å². The number of aliphatic hydroxyl groups excluding tert-OH is 1. The van der Waals surface area contributed by atoms with Crippen LogP contribution in [-0.2, 0) is 42.9 Å². The van der Waals surface area contributed by atoms with E-state index in [9.17, 15) is 19.2 Å². The molecule has 2 aromatic rings. The Hall–Kier alpha value is -4.40. The number of hydrogen-bond donors (Lipinski definition) is 3. The van der Waals surface area contributed by atoms with E-state index in [4.69, 9.17) is 53.0 Å². The standard InChI is InChI=1S/C12H11ClN2O4.C8H10O5.C5H5ClN2.C3H8O/c1-12(2)18-10(16)8(11(17)19-12)6-14-7-3-4-9(13)15-5-7;1-8(2)12-6(9)5(4-11-3)7(10)13-8;6-5-2-1-4(7)3-8-5;1-3(2)4/h3-6,14H,1-2H3;4H,1-3H3;1-3H,7H2;3-4H,1-2H3. The number of methoxy groups -OCH3 is 1. The van der Waals surface area contributed by atoms with Crippen molar-refractivity contribution in [2.24, 2.45) is 0 Å². The van der Waals surface area contributed by atoms with Gasteiger partial charge in [0.25, 0.3) is 11.6 Å². The van der Waals surface area contributed by atoms with Gasteiger partial charge >= 0.3 is 23.9 Å². The zero-order valence-electron chi connectivity index (χ0n) is 25.0. The van der Waals surface area contributed by atoms with Crippen molar-refractivity contribution in [3.63, 3.8) is 0 Å². The molecule has 2 aromatic heterocycles. The Bertz CT molecular complexity index is 1290. The van der Waals surface area contributed by atoms with Crippen LogP contribution in [0.4, 0.5) is 11.4 Å². The number of aromatic nitrogens is 2. The topological polar surface area (TPSA) is 198 Å². The summed E-state index contributed by atoms with van der Waals surface area (Å²) in [7, 11) is 1.33. The van der Waals surface area contributed by atoms with Crippen molar-refractivity contribution in [2.75, 3.05) is 18.2 Å². The molecule has 4 N–H and O–H groups in total. The number of ether oxygens (including phenoxy) is 5. The highest BCUT2D eigenvalue weighted by Crippen LogP contribution is 2.23. The molecule has 44 heavy (non-hydrogen) atoms. The summed E-state index contributed by atoms with van der Waals surface area (Å²) < 4.78 is 24.0. The Morgan fingerprint density at radius 2 is 1.23 bits per heavy atom. The first-order chi connectivity index (χ1) is 20.4. The van der Waals surface area contributed by atoms with Gasteiger partial charge < -0.3 is 39.8 Å². The van der Waals surface area contributed by atoms with Crippen LogP contribution in [0.3, 0.4) is 0 Å². The Kier molecular flexibility index (Phi) is 14.6. The molecule has 0 spiro atoms. The summed E-state index contributed by atoms with van der Waals surface area (Å²) in [5.41, 5.74) is 6.06. The van der Waals surface area contributed by atoms with E-state index < -0.39 is 35.5 Å². The molecule has 16 heteroatoms. The second-order valence-electron chi connectivity index (χ2n) is 9.70. The van der Waals surface area contributed by atoms with Gasteiger partial charge in [0, 0.05) is 40.0 Å². The highest BCUT2D eigenvalue weighted by atomic mass is 35.5. The van der Waals surface area contributed by atoms with Crippen LogP contribution in [0, 0.1) is 0 Å². The van der Waals surface area contributed by atoms with Gasteiger partial charge in [0.05, 0.1) is 30.9 Å². The maximum Gasteiger partial charge on any atom is 0.352 e. The predicted molar refractivity (Wildman–Crippen MR) is 160 cm³/mol. The third-order valence-electron chi connectivity index (χ3n) is 4.33. The molecule has 0 amide bonds. The number of carbonyl (C=O) groups is 4. The predicted octanol–water partition coefficient (Wildman–Crippen LogP) is 3.92. The first-order valence-corrected chi connectivity index (χ1v) is 13.4. The average molecular weight is 658 g/mol. The first kappa shape index (κ1) is 37.6. The summed E-state index contributed by atoms with van der Waals surface area (Å²) in [5.74, 6) is -5.38. The fourth-order valence-electron chi connectivity index (χ4n) is 2.66. The molecule has 2 aliphatic heterocycles. The van der Waals surface area contributed by atoms with Crippen LogP contribution in [0.5, 0.6) is 0 Å². The van der Waals surface area contributed by atoms with Gasteiger partial charge in [-0.3, -0.25) is 0 Å². The van der Waals surface area contributed by atoms with Crippen molar-refractivity contribution in [1.29, 1.82) is 0 Å². The van der Waals surface area contributed by atoms with Gasteiger partial charge in [-0.25, -0.2) is 29.1 Å². The van der Waals surface area contributed by atoms with E-state index in [-0.39, 0.29) is 17.3 Å². The van der Waals surface area contributed by atoms with E-state index in [1.807, 2.05) is 0 Å². The summed E-state index contributed by atoms with van der Waals surface area (Å²) in [6.45, 7) is 9.37. The fourth-order valence-corrected chi connectivity index (χ4v) is 2.88. The molecule has 14 nitrogen and oxygen atoms in total. The lowest BCUT2D eigenvalue weighted by atomic mass is 10.2. The zero-order chi connectivity index (χ0) is 33.7. The maximum atomic E-state index is 11.6. The number of pyridine rings is 2. The number of rotatable bonds is 3. The third kappa shape index (κ3) is 14.2. The number of nitrogen functional groups attached to an aromatic ring is 1. The molecule has 4 rings (SSSR count). The minimum Gasteiger partial charge on any atom is -0.503 e. The molecule has 0 bridgehead atoms. The quantitative estimate of drug-likeness (QED) is 0.141. The van der Waals surface area contributed by atoms with E-state index in [0.29, 0.717) is 21.7 Å². The van der Waals surface area contributed by atoms with Crippen molar-refractivity contribution in [2.45, 2.75) is 59.2 Å². The lowest BCUT2D eigenvalue weighted by Gasteiger charge is -2.29. The second kappa shape index (κ2) is 17.0. The third-order valence-corrected chi connectivity index (χ3v) is 4.78. The summed E-state index contributed by atoms with van der Waals surface area (Å²) in [6.07, 6.45) is 5.02. The summed E-state index contributed by atoms with van der Waals surface area (Å²) >= 11 is 11.1. The molecule has 0 aromatic carbocycles. The first-order valence-electron chi connectivity index (χ1n) is 12.7. The number of esters is 4. The largest absolute Gasteiger partial charge is 0.503 e. The van der Waals surface area contributed by atoms with E-state index in [1.54, 1.807) is 38.1 Å². The molecule has 0 aliphatic carbocycles. The number of aliphatic hydroxyl groups is 1. The lowest BCUT2D eigenvalue weighted by molar-refractivity contribution is -0.224. The molecule has 0 saturated carbocycles. The number of halogens is 2. The molecule has 2 aliphatic rings. The molecule has 0 radical (unpaired) electrons. The van der Waals surface area contributed by atoms with Gasteiger partial charge in [-0.15, -0.1) is 0 Å². The highest BCUT2D eigenvalue weighted by Gasteiger charge is 2.40. The van der Waals surface area contributed by atoms with E-state index in [1.165, 1.54) is 53.4 Å². The fraction of sp³-hybridized carbons (Fsp3) is 0.357. The zero-order valence-corrected chi connectivity index (χ0v) is 26.6. The van der Waals surface area contributed by atoms with Gasteiger partial charge in [-0.05, 0) is 38.1 Å². The number of anilines is 2. The average Bonchev–Trinajstić information content (AvgIpc) is 2.88. The van der Waals surface area contributed by atoms with Crippen LogP contribution in [0.15, 0.2) is 60.3 Å². The van der Waals surface area contributed by atoms with Crippen molar-refractivity contribution in [1.82, 2.24) is 9.97 Å². The molecule has 240 valence electrons. The molecule has 0 atom stereocenters. The van der Waals surface area contributed by atoms with Crippen molar-refractivity contribution < 1.29 is 48.0 Å². The SMILES string of the molecule is CC(C)O.CC1(C)OC(=O)C(=CNc2ccc(Cl)nc2)C(=O)O1.COC=C1C(=O)OC(C)(C)OC1=O.Nc1ccc(Cl)nc1. The van der Waals surface area contributed by atoms with Gasteiger partial charge in [0.2, 0.25) is 0 Å². The van der Waals surface area contributed by atoms with Gasteiger partial charge in [0.15, 0.2) is 11.1 Å². The monoisotopic (exact) mass is 656 g/mol. The molecular formula is C28H34Cl2N4O10. The van der Waals surface area contributed by atoms with Crippen molar-refractivity contribution in [3.8, 4) is 0 Å². The van der Waals surface area contributed by atoms with E-state index >= 15 is 0 Å². The van der Waals surface area contributed by atoms with Gasteiger partial charge in [-0.2, -0.15) is 0 Å². The smallest absolute Gasteiger partial charge is 0.352 e. The summed E-state index contributed by atoms with van der Waals surface area (Å²) in [5, 5.41) is 11.6. The number of carbonyl (C=O) groups excluding carboxylic acids is 4. The molecule has 0 unspecified atom stereocenters. The van der Waals surface area contributed by atoms with Crippen molar-refractivity contribution in [3.05, 3.63) is 70.6 Å². The number of hydrogen-bond acceptors (Lipinski definition) is 14. The van der Waals surface area contributed by atoms with Crippen molar-refractivity contribution >= 4 is 58.5 Å². The Balaban J connectivity index is 0.000000334. The molecule has 4 heterocycles. The second-order valence-corrected chi connectivity index (χ2v) is 10.5. The summed E-state index contributed by atoms with van der Waals surface area (Å²) in [6, 6.07) is 6.57. The van der Waals surface area contributed by atoms with E-state index in [0.717, 1.165) is 6.26 Å². The minimum absolute atomic E-state index is 0.167. The Morgan fingerprint density at radius 1 is 0.818 bits per heavy atom. The maximum absolute atomic E-state index is 11.6. The highest BCUT2D eigenvalue weighted by molar-refractivity contribution is 6.29. The van der Waals surface area contributed by atoms with Crippen LogP contribution >= 0.6 is 23.2 Å². The number of nitrogens with zero attached hydrogens (tertiary/aromatic N) is 2. The number of nitrogens with two attached hydrogens (primary N) is 1. The number of nitrogens with one attached hydrogen (secondary N) is 1. The Labute approximate surface area is 264 Å². The molecular weight excluding hydrogens is 623 g/mol. The number of cyclic esters (lactones) is 4. The normalized spacial score (nSPS) is 16.1. The Morgan fingerprint density at radius 3 is 1.57 bits per heavy atom. The lowest BCUT2D eigenvalue weighted by Crippen LogP contribution is -2.42.